The molecule has 16 heavy (non-hydrogen) atoms. The van der Waals surface area contributed by atoms with Crippen molar-refractivity contribution >= 4 is 11.6 Å². The maximum absolute atomic E-state index is 11.1. The van der Waals surface area contributed by atoms with Crippen LogP contribution in [0.15, 0.2) is 36.9 Å². The summed E-state index contributed by atoms with van der Waals surface area (Å²) in [5.74, 6) is 0.974. The van der Waals surface area contributed by atoms with Crippen molar-refractivity contribution in [1.82, 2.24) is 0 Å². The van der Waals surface area contributed by atoms with Crippen LogP contribution in [0, 0.1) is 5.92 Å². The van der Waals surface area contributed by atoms with E-state index in [1.165, 1.54) is 11.6 Å². The molecule has 0 aromatic heterocycles. The highest BCUT2D eigenvalue weighted by Crippen LogP contribution is 2.24. The predicted molar refractivity (Wildman–Crippen MR) is 68.5 cm³/mol. The second kappa shape index (κ2) is 5.50. The molecule has 1 atom stereocenters. The quantitative estimate of drug-likeness (QED) is 0.767. The van der Waals surface area contributed by atoms with Gasteiger partial charge in [0.2, 0.25) is 5.91 Å². The molecule has 2 nitrogen and oxygen atoms in total. The molecule has 1 N–H and O–H groups in total. The van der Waals surface area contributed by atoms with Crippen LogP contribution in [0.4, 0.5) is 5.69 Å². The van der Waals surface area contributed by atoms with Gasteiger partial charge in [0.15, 0.2) is 0 Å². The SMILES string of the molecule is C=CC(=O)Nc1ccc(C(C)C(C)C)cc1. The van der Waals surface area contributed by atoms with Gasteiger partial charge in [0, 0.05) is 5.69 Å². The molecule has 1 aromatic rings. The van der Waals surface area contributed by atoms with Crippen molar-refractivity contribution in [3.05, 3.63) is 42.5 Å². The molecule has 1 unspecified atom stereocenters. The van der Waals surface area contributed by atoms with E-state index >= 15 is 0 Å². The van der Waals surface area contributed by atoms with E-state index in [2.05, 4.69) is 44.8 Å². The van der Waals surface area contributed by atoms with Gasteiger partial charge in [-0.2, -0.15) is 0 Å². The molecule has 0 aliphatic carbocycles. The topological polar surface area (TPSA) is 29.1 Å². The van der Waals surface area contributed by atoms with Gasteiger partial charge >= 0.3 is 0 Å². The van der Waals surface area contributed by atoms with E-state index < -0.39 is 0 Å². The average Bonchev–Trinajstić information content (AvgIpc) is 2.28. The molecule has 0 radical (unpaired) electrons. The lowest BCUT2D eigenvalue weighted by Gasteiger charge is -2.16. The molecule has 1 aromatic carbocycles. The summed E-state index contributed by atoms with van der Waals surface area (Å²) in [6, 6.07) is 7.97. The van der Waals surface area contributed by atoms with E-state index in [9.17, 15) is 4.79 Å². The van der Waals surface area contributed by atoms with Crippen molar-refractivity contribution in [2.75, 3.05) is 5.32 Å². The zero-order chi connectivity index (χ0) is 12.1. The fourth-order valence-electron chi connectivity index (χ4n) is 1.45. The zero-order valence-electron chi connectivity index (χ0n) is 10.2. The Morgan fingerprint density at radius 1 is 1.25 bits per heavy atom. The Bertz CT molecular complexity index is 365. The van der Waals surface area contributed by atoms with Crippen LogP contribution < -0.4 is 5.32 Å². The summed E-state index contributed by atoms with van der Waals surface area (Å²) >= 11 is 0. The number of carbonyl (C=O) groups is 1. The number of carbonyl (C=O) groups excluding carboxylic acids is 1. The smallest absolute Gasteiger partial charge is 0.247 e. The number of benzene rings is 1. The first-order valence-electron chi connectivity index (χ1n) is 5.58. The standard InChI is InChI=1S/C14H19NO/c1-5-14(16)15-13-8-6-12(7-9-13)11(4)10(2)3/h5-11H,1H2,2-4H3,(H,15,16). The van der Waals surface area contributed by atoms with Crippen LogP contribution in [0.1, 0.15) is 32.3 Å². The van der Waals surface area contributed by atoms with Crippen LogP contribution in [-0.2, 0) is 4.79 Å². The van der Waals surface area contributed by atoms with Crippen molar-refractivity contribution in [3.63, 3.8) is 0 Å². The summed E-state index contributed by atoms with van der Waals surface area (Å²) in [7, 11) is 0. The van der Waals surface area contributed by atoms with E-state index in [1.807, 2.05) is 12.1 Å². The highest BCUT2D eigenvalue weighted by atomic mass is 16.1. The monoisotopic (exact) mass is 217 g/mol. The van der Waals surface area contributed by atoms with Gasteiger partial charge in [-0.05, 0) is 35.6 Å². The minimum absolute atomic E-state index is 0.176. The van der Waals surface area contributed by atoms with Gasteiger partial charge in [0.05, 0.1) is 0 Å². The Morgan fingerprint density at radius 2 is 1.81 bits per heavy atom. The molecule has 0 aliphatic rings. The molecule has 0 bridgehead atoms. The third kappa shape index (κ3) is 3.23. The van der Waals surface area contributed by atoms with E-state index in [4.69, 9.17) is 0 Å². The second-order valence-electron chi connectivity index (χ2n) is 4.35. The maximum Gasteiger partial charge on any atom is 0.247 e. The van der Waals surface area contributed by atoms with Crippen LogP contribution in [0.5, 0.6) is 0 Å². The Balaban J connectivity index is 2.75. The zero-order valence-corrected chi connectivity index (χ0v) is 10.2. The van der Waals surface area contributed by atoms with Gasteiger partial charge in [-0.15, -0.1) is 0 Å². The first-order valence-corrected chi connectivity index (χ1v) is 5.58. The summed E-state index contributed by atoms with van der Waals surface area (Å²) in [5.41, 5.74) is 2.11. The second-order valence-corrected chi connectivity index (χ2v) is 4.35. The van der Waals surface area contributed by atoms with Gasteiger partial charge in [-0.1, -0.05) is 39.5 Å². The van der Waals surface area contributed by atoms with Crippen molar-refractivity contribution in [1.29, 1.82) is 0 Å². The summed E-state index contributed by atoms with van der Waals surface area (Å²) in [5, 5.41) is 2.73. The van der Waals surface area contributed by atoms with E-state index in [0.717, 1.165) is 5.69 Å². The molecule has 0 fully saturated rings. The maximum atomic E-state index is 11.1. The number of hydrogen-bond donors (Lipinski definition) is 1. The van der Waals surface area contributed by atoms with E-state index in [0.29, 0.717) is 11.8 Å². The summed E-state index contributed by atoms with van der Waals surface area (Å²) in [6.45, 7) is 10.0. The fourth-order valence-corrected chi connectivity index (χ4v) is 1.45. The number of hydrogen-bond acceptors (Lipinski definition) is 1. The Labute approximate surface area is 97.4 Å². The third-order valence-corrected chi connectivity index (χ3v) is 2.89. The molecule has 1 rings (SSSR count). The highest BCUT2D eigenvalue weighted by Gasteiger charge is 2.09. The van der Waals surface area contributed by atoms with Crippen LogP contribution in [0.2, 0.25) is 0 Å². The lowest BCUT2D eigenvalue weighted by Crippen LogP contribution is -2.07. The first-order chi connectivity index (χ1) is 7.54. The number of anilines is 1. The molecular formula is C14H19NO. The van der Waals surface area contributed by atoms with Crippen molar-refractivity contribution in [2.45, 2.75) is 26.7 Å². The van der Waals surface area contributed by atoms with Gasteiger partial charge in [0.1, 0.15) is 0 Å². The molecule has 0 saturated heterocycles. The van der Waals surface area contributed by atoms with Gasteiger partial charge in [-0.25, -0.2) is 0 Å². The molecule has 86 valence electrons. The number of amides is 1. The van der Waals surface area contributed by atoms with Crippen molar-refractivity contribution in [2.24, 2.45) is 5.92 Å². The summed E-state index contributed by atoms with van der Waals surface area (Å²) < 4.78 is 0. The lowest BCUT2D eigenvalue weighted by molar-refractivity contribution is -0.111. The van der Waals surface area contributed by atoms with Gasteiger partial charge in [0.25, 0.3) is 0 Å². The first kappa shape index (κ1) is 12.5. The van der Waals surface area contributed by atoms with E-state index in [-0.39, 0.29) is 5.91 Å². The van der Waals surface area contributed by atoms with Gasteiger partial charge in [-0.3, -0.25) is 4.79 Å². The fraction of sp³-hybridized carbons (Fsp3) is 0.357. The third-order valence-electron chi connectivity index (χ3n) is 2.89. The van der Waals surface area contributed by atoms with Crippen molar-refractivity contribution in [3.8, 4) is 0 Å². The van der Waals surface area contributed by atoms with E-state index in [1.54, 1.807) is 0 Å². The largest absolute Gasteiger partial charge is 0.323 e. The lowest BCUT2D eigenvalue weighted by atomic mass is 9.90. The average molecular weight is 217 g/mol. The van der Waals surface area contributed by atoms with Crippen LogP contribution in [0.25, 0.3) is 0 Å². The molecular weight excluding hydrogens is 198 g/mol. The molecule has 0 spiro atoms. The Hall–Kier alpha value is -1.57. The highest BCUT2D eigenvalue weighted by molar-refractivity contribution is 5.98. The number of nitrogens with one attached hydrogen (secondary N) is 1. The van der Waals surface area contributed by atoms with Crippen molar-refractivity contribution < 1.29 is 4.79 Å². The van der Waals surface area contributed by atoms with Crippen LogP contribution in [-0.4, -0.2) is 5.91 Å². The minimum Gasteiger partial charge on any atom is -0.323 e. The molecule has 0 heterocycles. The summed E-state index contributed by atoms with van der Waals surface area (Å²) in [6.07, 6.45) is 1.27. The number of rotatable bonds is 4. The van der Waals surface area contributed by atoms with Crippen LogP contribution in [0.3, 0.4) is 0 Å². The normalized spacial score (nSPS) is 12.2. The Kier molecular flexibility index (Phi) is 4.29. The molecule has 0 saturated carbocycles. The minimum atomic E-state index is -0.176. The molecule has 1 amide bonds. The summed E-state index contributed by atoms with van der Waals surface area (Å²) in [4.78, 5) is 11.1. The molecule has 0 aliphatic heterocycles. The molecule has 2 heteroatoms. The van der Waals surface area contributed by atoms with Crippen LogP contribution >= 0.6 is 0 Å². The van der Waals surface area contributed by atoms with Gasteiger partial charge < -0.3 is 5.32 Å². The predicted octanol–water partition coefficient (Wildman–Crippen LogP) is 3.57. The Morgan fingerprint density at radius 3 is 2.25 bits per heavy atom.